The van der Waals surface area contributed by atoms with Crippen LogP contribution in [-0.4, -0.2) is 15.2 Å². The Labute approximate surface area is 257 Å². The molecule has 3 aliphatic carbocycles. The van der Waals surface area contributed by atoms with E-state index in [0.29, 0.717) is 0 Å². The van der Waals surface area contributed by atoms with E-state index in [9.17, 15) is 0 Å². The minimum absolute atomic E-state index is 0. The van der Waals surface area contributed by atoms with Crippen LogP contribution in [0.15, 0.2) is 18.2 Å². The monoisotopic (exact) mass is 524 g/mol. The number of hydrogen-bond donors (Lipinski definition) is 0. The van der Waals surface area contributed by atoms with E-state index in [0.717, 1.165) is 34.8 Å². The maximum Gasteiger partial charge on any atom is 1.00 e. The van der Waals surface area contributed by atoms with Crippen molar-refractivity contribution in [2.45, 2.75) is 154 Å². The molecule has 0 radical (unpaired) electrons. The molecule has 5 unspecified atom stereocenters. The molecule has 1 aromatic carbocycles. The van der Waals surface area contributed by atoms with Crippen molar-refractivity contribution in [3.8, 4) is 0 Å². The van der Waals surface area contributed by atoms with E-state index in [1.165, 1.54) is 38.5 Å². The molecule has 0 amide bonds. The molecule has 3 aliphatic rings. The first-order valence-electron chi connectivity index (χ1n) is 15.2. The van der Waals surface area contributed by atoms with Crippen LogP contribution >= 0.6 is 0 Å². The van der Waals surface area contributed by atoms with E-state index in [4.69, 9.17) is 0 Å². The SMILES string of the molecule is CC1CC2C(c3cc(C(C)(C)C)cc(C(C)(C)C)c3)CCCC2C1[Si](C)(C)[Si](C)(C)C1CCCC1.[Li+].[Li+]. The fourth-order valence-corrected chi connectivity index (χ4v) is 24.0. The summed E-state index contributed by atoms with van der Waals surface area (Å²) in [7, 11) is -2.52. The third kappa shape index (κ3) is 6.52. The maximum atomic E-state index is 2.88. The molecule has 0 aromatic heterocycles. The van der Waals surface area contributed by atoms with Crippen molar-refractivity contribution >= 4 is 15.2 Å². The second-order valence-electron chi connectivity index (χ2n) is 16.4. The van der Waals surface area contributed by atoms with Crippen LogP contribution in [0, 0.1) is 17.8 Å². The molecule has 5 atom stereocenters. The molecule has 3 saturated carbocycles. The van der Waals surface area contributed by atoms with Gasteiger partial charge < -0.3 is 0 Å². The molecule has 0 N–H and O–H groups in total. The summed E-state index contributed by atoms with van der Waals surface area (Å²) in [6, 6.07) is 7.80. The van der Waals surface area contributed by atoms with Crippen LogP contribution in [0.1, 0.15) is 122 Å². The quantitative estimate of drug-likeness (QED) is 0.504. The van der Waals surface area contributed by atoms with Gasteiger partial charge in [-0.15, -0.1) is 0 Å². The Morgan fingerprint density at radius 2 is 1.16 bits per heavy atom. The standard InChI is InChI=1S/C33H58Si2.2Li/c1-23-19-30-28(24-20-25(32(2,3)4)22-26(21-24)33(5,6)7)17-14-18-29(30)31(23)35(10,11)34(8,9)27-15-12-13-16-27;;/h20-23,27-31H,12-19H2,1-11H3;;/q;2*+1. The molecule has 0 saturated heterocycles. The molecule has 0 heterocycles. The summed E-state index contributed by atoms with van der Waals surface area (Å²) in [5.41, 5.74) is 7.39. The Balaban J connectivity index is 0.00000241. The van der Waals surface area contributed by atoms with Gasteiger partial charge in [0.25, 0.3) is 0 Å². The Kier molecular flexibility index (Phi) is 11.0. The molecular formula is C33H58Li2Si2+2. The van der Waals surface area contributed by atoms with Crippen LogP contribution in [0.2, 0.25) is 37.3 Å². The van der Waals surface area contributed by atoms with Gasteiger partial charge in [0.15, 0.2) is 0 Å². The number of hydrogen-bond acceptors (Lipinski definition) is 0. The van der Waals surface area contributed by atoms with Crippen molar-refractivity contribution in [1.29, 1.82) is 0 Å². The van der Waals surface area contributed by atoms with Crippen LogP contribution in [0.3, 0.4) is 0 Å². The molecular weight excluding hydrogens is 466 g/mol. The molecule has 1 aromatic rings. The minimum Gasteiger partial charge on any atom is -0.0711 e. The summed E-state index contributed by atoms with van der Waals surface area (Å²) in [4.78, 5) is 0. The van der Waals surface area contributed by atoms with Crippen molar-refractivity contribution in [2.24, 2.45) is 17.8 Å². The normalized spacial score (nSPS) is 29.4. The number of benzene rings is 1. The molecule has 0 bridgehead atoms. The van der Waals surface area contributed by atoms with Gasteiger partial charge in [0.05, 0.1) is 0 Å². The zero-order valence-electron chi connectivity index (χ0n) is 27.4. The predicted octanol–water partition coefficient (Wildman–Crippen LogP) is 4.64. The van der Waals surface area contributed by atoms with Crippen LogP contribution in [0.4, 0.5) is 0 Å². The Bertz CT molecular complexity index is 870. The van der Waals surface area contributed by atoms with Crippen LogP contribution < -0.4 is 37.7 Å². The minimum atomic E-state index is -1.31. The molecule has 4 rings (SSSR count). The van der Waals surface area contributed by atoms with E-state index in [1.54, 1.807) is 29.5 Å². The second kappa shape index (κ2) is 12.0. The van der Waals surface area contributed by atoms with Crippen LogP contribution in [0.5, 0.6) is 0 Å². The Hall–Kier alpha value is 0.849. The van der Waals surface area contributed by atoms with Gasteiger partial charge in [0.2, 0.25) is 0 Å². The third-order valence-corrected chi connectivity index (χ3v) is 32.6. The molecule has 0 aliphatic heterocycles. The average Bonchev–Trinajstić information content (AvgIpc) is 3.39. The van der Waals surface area contributed by atoms with Gasteiger partial charge in [-0.05, 0) is 75.1 Å². The van der Waals surface area contributed by atoms with E-state index >= 15 is 0 Å². The van der Waals surface area contributed by atoms with E-state index in [-0.39, 0.29) is 48.6 Å². The van der Waals surface area contributed by atoms with Crippen molar-refractivity contribution in [3.63, 3.8) is 0 Å². The van der Waals surface area contributed by atoms with Gasteiger partial charge in [-0.2, -0.15) is 0 Å². The summed E-state index contributed by atoms with van der Waals surface area (Å²) in [6.07, 6.45) is 12.0. The van der Waals surface area contributed by atoms with Gasteiger partial charge in [-0.3, -0.25) is 0 Å². The first-order valence-corrected chi connectivity index (χ1v) is 22.4. The van der Waals surface area contributed by atoms with Crippen LogP contribution in [0.25, 0.3) is 0 Å². The molecule has 0 nitrogen and oxygen atoms in total. The van der Waals surface area contributed by atoms with E-state index in [1.807, 2.05) is 0 Å². The average molecular weight is 525 g/mol. The summed E-state index contributed by atoms with van der Waals surface area (Å²) >= 11 is 0. The Morgan fingerprint density at radius 1 is 0.649 bits per heavy atom. The number of rotatable bonds is 4. The van der Waals surface area contributed by atoms with Crippen molar-refractivity contribution in [3.05, 3.63) is 34.9 Å². The zero-order chi connectivity index (χ0) is 26.0. The zero-order valence-corrected chi connectivity index (χ0v) is 29.4. The van der Waals surface area contributed by atoms with Gasteiger partial charge in [-0.1, -0.05) is 131 Å². The van der Waals surface area contributed by atoms with Gasteiger partial charge in [0, 0.05) is 15.2 Å². The molecule has 198 valence electrons. The molecule has 3 fully saturated rings. The fourth-order valence-electron chi connectivity index (χ4n) is 9.08. The fraction of sp³-hybridized carbons (Fsp3) is 0.818. The largest absolute Gasteiger partial charge is 1.00 e. The van der Waals surface area contributed by atoms with Crippen molar-refractivity contribution < 1.29 is 37.7 Å². The first-order chi connectivity index (χ1) is 16.0. The van der Waals surface area contributed by atoms with Crippen molar-refractivity contribution in [1.82, 2.24) is 0 Å². The molecule has 0 spiro atoms. The topological polar surface area (TPSA) is 0 Å². The van der Waals surface area contributed by atoms with Gasteiger partial charge in [0.1, 0.15) is 0 Å². The molecule has 37 heavy (non-hydrogen) atoms. The molecule has 4 heteroatoms. The van der Waals surface area contributed by atoms with Gasteiger partial charge in [-0.25, -0.2) is 0 Å². The number of fused-ring (bicyclic) bond motifs is 1. The smallest absolute Gasteiger partial charge is 0.0711 e. The summed E-state index contributed by atoms with van der Waals surface area (Å²) < 4.78 is 0. The summed E-state index contributed by atoms with van der Waals surface area (Å²) in [5, 5.41) is 0. The van der Waals surface area contributed by atoms with E-state index in [2.05, 4.69) is 92.9 Å². The summed E-state index contributed by atoms with van der Waals surface area (Å²) in [6.45, 7) is 28.5. The van der Waals surface area contributed by atoms with Gasteiger partial charge >= 0.3 is 37.7 Å². The van der Waals surface area contributed by atoms with Crippen molar-refractivity contribution in [2.75, 3.05) is 0 Å². The predicted molar refractivity (Wildman–Crippen MR) is 162 cm³/mol. The summed E-state index contributed by atoms with van der Waals surface area (Å²) in [5.74, 6) is 3.64. The maximum absolute atomic E-state index is 2.88. The van der Waals surface area contributed by atoms with Crippen LogP contribution in [-0.2, 0) is 10.8 Å². The third-order valence-electron chi connectivity index (χ3n) is 11.8. The Morgan fingerprint density at radius 3 is 1.65 bits per heavy atom. The van der Waals surface area contributed by atoms with E-state index < -0.39 is 15.2 Å². The first kappa shape index (κ1) is 34.1. The second-order valence-corrected chi connectivity index (χ2v) is 32.5.